The van der Waals surface area contributed by atoms with Crippen molar-refractivity contribution in [3.8, 4) is 0 Å². The summed E-state index contributed by atoms with van der Waals surface area (Å²) in [6, 6.07) is 7.26. The molecule has 1 aromatic rings. The summed E-state index contributed by atoms with van der Waals surface area (Å²) in [5, 5.41) is 0. The minimum atomic E-state index is -3.34. The van der Waals surface area contributed by atoms with Crippen molar-refractivity contribution in [2.24, 2.45) is 5.73 Å². The van der Waals surface area contributed by atoms with E-state index in [-0.39, 0.29) is 25.0 Å². The molecule has 1 aromatic carbocycles. The van der Waals surface area contributed by atoms with Crippen molar-refractivity contribution in [3.63, 3.8) is 0 Å². The SMILES string of the molecule is CC(C)OCCS(=O)(=O)N(C)Cc1cccc(C(N)=S)c1. The van der Waals surface area contributed by atoms with E-state index in [1.54, 1.807) is 19.2 Å². The predicted molar refractivity (Wildman–Crippen MR) is 88.7 cm³/mol. The summed E-state index contributed by atoms with van der Waals surface area (Å²) in [7, 11) is -1.79. The first-order valence-electron chi connectivity index (χ1n) is 6.66. The summed E-state index contributed by atoms with van der Waals surface area (Å²) >= 11 is 4.92. The van der Waals surface area contributed by atoms with Gasteiger partial charge in [0.2, 0.25) is 10.0 Å². The quantitative estimate of drug-likeness (QED) is 0.732. The van der Waals surface area contributed by atoms with Crippen LogP contribution in [-0.4, -0.2) is 43.2 Å². The molecule has 0 radical (unpaired) electrons. The van der Waals surface area contributed by atoms with Crippen molar-refractivity contribution in [1.82, 2.24) is 4.31 Å². The van der Waals surface area contributed by atoms with Crippen molar-refractivity contribution in [3.05, 3.63) is 35.4 Å². The summed E-state index contributed by atoms with van der Waals surface area (Å²) in [5.74, 6) is -0.0311. The van der Waals surface area contributed by atoms with Gasteiger partial charge < -0.3 is 10.5 Å². The summed E-state index contributed by atoms with van der Waals surface area (Å²) in [4.78, 5) is 0.299. The minimum absolute atomic E-state index is 0.0211. The third-order valence-electron chi connectivity index (χ3n) is 2.88. The highest BCUT2D eigenvalue weighted by Crippen LogP contribution is 2.10. The number of hydrogen-bond donors (Lipinski definition) is 1. The fraction of sp³-hybridized carbons (Fsp3) is 0.500. The molecule has 0 aliphatic carbocycles. The molecule has 0 atom stereocenters. The molecule has 5 nitrogen and oxygen atoms in total. The Morgan fingerprint density at radius 2 is 2.10 bits per heavy atom. The number of ether oxygens (including phenoxy) is 1. The van der Waals surface area contributed by atoms with Crippen LogP contribution in [-0.2, 0) is 21.3 Å². The highest BCUT2D eigenvalue weighted by molar-refractivity contribution is 7.89. The van der Waals surface area contributed by atoms with E-state index in [4.69, 9.17) is 22.7 Å². The van der Waals surface area contributed by atoms with Crippen LogP contribution in [0.1, 0.15) is 25.0 Å². The molecule has 0 fully saturated rings. The highest BCUT2D eigenvalue weighted by atomic mass is 32.2. The smallest absolute Gasteiger partial charge is 0.216 e. The van der Waals surface area contributed by atoms with E-state index >= 15 is 0 Å². The van der Waals surface area contributed by atoms with E-state index in [2.05, 4.69) is 0 Å². The standard InChI is InChI=1S/C14H22N2O3S2/c1-11(2)19-7-8-21(17,18)16(3)10-12-5-4-6-13(9-12)14(15)20/h4-6,9,11H,7-8,10H2,1-3H3,(H2,15,20). The maximum absolute atomic E-state index is 12.1. The molecule has 0 saturated heterocycles. The first-order chi connectivity index (χ1) is 9.72. The summed E-state index contributed by atoms with van der Waals surface area (Å²) < 4.78 is 30.9. The molecule has 1 rings (SSSR count). The third-order valence-corrected chi connectivity index (χ3v) is 4.88. The van der Waals surface area contributed by atoms with Gasteiger partial charge in [0.1, 0.15) is 4.99 Å². The zero-order valence-electron chi connectivity index (χ0n) is 12.6. The van der Waals surface area contributed by atoms with Crippen molar-refractivity contribution in [2.45, 2.75) is 26.5 Å². The maximum Gasteiger partial charge on any atom is 0.216 e. The zero-order chi connectivity index (χ0) is 16.0. The van der Waals surface area contributed by atoms with Gasteiger partial charge in [-0.25, -0.2) is 12.7 Å². The fourth-order valence-electron chi connectivity index (χ4n) is 1.72. The van der Waals surface area contributed by atoms with Crippen LogP contribution in [0.3, 0.4) is 0 Å². The van der Waals surface area contributed by atoms with Gasteiger partial charge in [0.05, 0.1) is 18.5 Å². The second-order valence-corrected chi connectivity index (χ2v) is 7.69. The molecule has 0 unspecified atom stereocenters. The van der Waals surface area contributed by atoms with Gasteiger partial charge >= 0.3 is 0 Å². The Hall–Kier alpha value is -1.02. The van der Waals surface area contributed by atoms with Gasteiger partial charge in [-0.1, -0.05) is 30.4 Å². The molecule has 0 heterocycles. The lowest BCUT2D eigenvalue weighted by Crippen LogP contribution is -2.31. The summed E-state index contributed by atoms with van der Waals surface area (Å²) in [5.41, 5.74) is 7.15. The summed E-state index contributed by atoms with van der Waals surface area (Å²) in [6.45, 7) is 4.22. The average molecular weight is 330 g/mol. The first kappa shape index (κ1) is 18.0. The highest BCUT2D eigenvalue weighted by Gasteiger charge is 2.18. The number of nitrogens with two attached hydrogens (primary N) is 1. The Balaban J connectivity index is 2.69. The molecular formula is C14H22N2O3S2. The van der Waals surface area contributed by atoms with Gasteiger partial charge in [-0.3, -0.25) is 0 Å². The monoisotopic (exact) mass is 330 g/mol. The summed E-state index contributed by atoms with van der Waals surface area (Å²) in [6.07, 6.45) is 0.0211. The van der Waals surface area contributed by atoms with E-state index in [1.165, 1.54) is 4.31 Å². The van der Waals surface area contributed by atoms with E-state index in [1.807, 2.05) is 26.0 Å². The molecule has 7 heteroatoms. The fourth-order valence-corrected chi connectivity index (χ4v) is 2.81. The lowest BCUT2D eigenvalue weighted by atomic mass is 10.1. The molecule has 118 valence electrons. The molecule has 0 bridgehead atoms. The Morgan fingerprint density at radius 3 is 2.67 bits per heavy atom. The van der Waals surface area contributed by atoms with Crippen LogP contribution in [0.5, 0.6) is 0 Å². The molecule has 2 N–H and O–H groups in total. The van der Waals surface area contributed by atoms with E-state index in [0.717, 1.165) is 11.1 Å². The maximum atomic E-state index is 12.1. The largest absolute Gasteiger partial charge is 0.389 e. The van der Waals surface area contributed by atoms with Gasteiger partial charge in [-0.05, 0) is 25.5 Å². The number of sulfonamides is 1. The number of rotatable bonds is 8. The average Bonchev–Trinajstić information content (AvgIpc) is 2.38. The Kier molecular flexibility index (Phi) is 6.73. The molecule has 0 amide bonds. The van der Waals surface area contributed by atoms with Crippen molar-refractivity contribution < 1.29 is 13.2 Å². The van der Waals surface area contributed by atoms with Crippen LogP contribution in [0.25, 0.3) is 0 Å². The molecule has 0 spiro atoms. The van der Waals surface area contributed by atoms with Crippen LogP contribution >= 0.6 is 12.2 Å². The van der Waals surface area contributed by atoms with Gasteiger partial charge in [0.15, 0.2) is 0 Å². The molecule has 0 aromatic heterocycles. The van der Waals surface area contributed by atoms with Gasteiger partial charge in [0.25, 0.3) is 0 Å². The molecule has 0 aliphatic heterocycles. The minimum Gasteiger partial charge on any atom is -0.389 e. The molecule has 21 heavy (non-hydrogen) atoms. The second-order valence-electron chi connectivity index (χ2n) is 5.06. The zero-order valence-corrected chi connectivity index (χ0v) is 14.2. The Morgan fingerprint density at radius 1 is 1.43 bits per heavy atom. The topological polar surface area (TPSA) is 72.6 Å². The Bertz CT molecular complexity index is 586. The Labute approximate surface area is 132 Å². The molecular weight excluding hydrogens is 308 g/mol. The second kappa shape index (κ2) is 7.84. The van der Waals surface area contributed by atoms with Crippen LogP contribution in [0.2, 0.25) is 0 Å². The van der Waals surface area contributed by atoms with Gasteiger partial charge in [0, 0.05) is 19.2 Å². The van der Waals surface area contributed by atoms with Gasteiger partial charge in [-0.15, -0.1) is 0 Å². The molecule has 0 saturated carbocycles. The van der Waals surface area contributed by atoms with Crippen LogP contribution < -0.4 is 5.73 Å². The van der Waals surface area contributed by atoms with E-state index in [0.29, 0.717) is 4.99 Å². The number of thiocarbonyl (C=S) groups is 1. The van der Waals surface area contributed by atoms with Crippen molar-refractivity contribution in [2.75, 3.05) is 19.4 Å². The lowest BCUT2D eigenvalue weighted by Gasteiger charge is -2.18. The van der Waals surface area contributed by atoms with Crippen molar-refractivity contribution >= 4 is 27.2 Å². The van der Waals surface area contributed by atoms with Crippen molar-refractivity contribution in [1.29, 1.82) is 0 Å². The van der Waals surface area contributed by atoms with Crippen LogP contribution in [0.4, 0.5) is 0 Å². The normalized spacial score (nSPS) is 12.0. The first-order valence-corrected chi connectivity index (χ1v) is 8.68. The van der Waals surface area contributed by atoms with Crippen LogP contribution in [0.15, 0.2) is 24.3 Å². The molecule has 0 aliphatic rings. The number of nitrogens with zero attached hydrogens (tertiary/aromatic N) is 1. The van der Waals surface area contributed by atoms with E-state index < -0.39 is 10.0 Å². The van der Waals surface area contributed by atoms with Gasteiger partial charge in [-0.2, -0.15) is 0 Å². The van der Waals surface area contributed by atoms with Crippen LogP contribution in [0, 0.1) is 0 Å². The predicted octanol–water partition coefficient (Wildman–Crippen LogP) is 1.51. The third kappa shape index (κ3) is 6.09. The van der Waals surface area contributed by atoms with E-state index in [9.17, 15) is 8.42 Å². The lowest BCUT2D eigenvalue weighted by molar-refractivity contribution is 0.0907. The number of hydrogen-bond acceptors (Lipinski definition) is 4. The number of benzene rings is 1.